The molecule has 0 unspecified atom stereocenters. The molecule has 0 saturated carbocycles. The first-order valence-corrected chi connectivity index (χ1v) is 7.34. The molecule has 0 aliphatic rings. The van der Waals surface area contributed by atoms with Gasteiger partial charge in [0.2, 0.25) is 5.89 Å². The molecule has 2 nitrogen and oxygen atoms in total. The molecule has 0 N–H and O–H groups in total. The first-order valence-electron chi connectivity index (χ1n) is 10.8. The highest BCUT2D eigenvalue weighted by atomic mass is 16.3. The number of rotatable bonds is 1. The molecule has 4 rings (SSSR count). The molecule has 4 aromatic rings. The third-order valence-corrected chi connectivity index (χ3v) is 3.72. The molecule has 23 heavy (non-hydrogen) atoms. The zero-order valence-corrected chi connectivity index (χ0v) is 13.1. The molecule has 0 aliphatic heterocycles. The molecule has 0 bridgehead atoms. The van der Waals surface area contributed by atoms with E-state index in [-0.39, 0.29) is 45.8 Å². The van der Waals surface area contributed by atoms with Crippen LogP contribution >= 0.6 is 0 Å². The third kappa shape index (κ3) is 2.50. The first-order chi connectivity index (χ1) is 13.9. The number of fused-ring (bicyclic) bond motifs is 2. The van der Waals surface area contributed by atoms with Crippen molar-refractivity contribution in [2.75, 3.05) is 0 Å². The summed E-state index contributed by atoms with van der Waals surface area (Å²) in [7, 11) is 0. The molecule has 0 radical (unpaired) electrons. The second kappa shape index (κ2) is 4.95. The van der Waals surface area contributed by atoms with Crippen LogP contribution in [0.3, 0.4) is 0 Å². The molecule has 0 atom stereocenters. The van der Waals surface area contributed by atoms with Crippen LogP contribution in [0.1, 0.15) is 35.9 Å². The fourth-order valence-corrected chi connectivity index (χ4v) is 2.39. The quantitative estimate of drug-likeness (QED) is 0.434. The van der Waals surface area contributed by atoms with Crippen LogP contribution in [0.4, 0.5) is 0 Å². The monoisotopic (exact) mass is 308 g/mol. The SMILES string of the molecule is [2H]c1c([2H])c([2H])c2c([2H])c(-c3nc4cc(C(C)(C)C)ccc4o3)c([2H])c([2H])c2c1[2H]. The van der Waals surface area contributed by atoms with Gasteiger partial charge in [-0.05, 0) is 46.0 Å². The second-order valence-corrected chi connectivity index (χ2v) is 6.45. The standard InChI is InChI=1S/C21H19NO/c1-21(2,3)17-10-11-19-18(13-17)22-20(23-19)16-9-8-14-6-4-5-7-15(14)12-16/h4-13H,1-3H3/i4D,5D,6D,7D,8D,9D,12D. The van der Waals surface area contributed by atoms with E-state index in [0.717, 1.165) is 5.56 Å². The highest BCUT2D eigenvalue weighted by molar-refractivity contribution is 5.87. The maximum Gasteiger partial charge on any atom is 0.227 e. The largest absolute Gasteiger partial charge is 0.436 e. The Balaban J connectivity index is 2.07. The highest BCUT2D eigenvalue weighted by Crippen LogP contribution is 2.30. The van der Waals surface area contributed by atoms with Crippen LogP contribution in [0, 0.1) is 0 Å². The fourth-order valence-electron chi connectivity index (χ4n) is 2.39. The van der Waals surface area contributed by atoms with Crippen molar-refractivity contribution in [3.63, 3.8) is 0 Å². The summed E-state index contributed by atoms with van der Waals surface area (Å²) in [6.45, 7) is 6.21. The van der Waals surface area contributed by atoms with Crippen molar-refractivity contribution >= 4 is 21.9 Å². The predicted octanol–water partition coefficient (Wildman–Crippen LogP) is 5.95. The molecule has 0 saturated heterocycles. The van der Waals surface area contributed by atoms with Gasteiger partial charge >= 0.3 is 0 Å². The van der Waals surface area contributed by atoms with Crippen molar-refractivity contribution in [2.24, 2.45) is 0 Å². The van der Waals surface area contributed by atoms with E-state index < -0.39 is 24.2 Å². The van der Waals surface area contributed by atoms with Gasteiger partial charge in [-0.15, -0.1) is 0 Å². The molecule has 1 aromatic heterocycles. The number of hydrogen-bond acceptors (Lipinski definition) is 2. The molecule has 2 heteroatoms. The summed E-state index contributed by atoms with van der Waals surface area (Å²) in [5.41, 5.74) is 1.90. The van der Waals surface area contributed by atoms with E-state index in [4.69, 9.17) is 14.0 Å². The van der Waals surface area contributed by atoms with Crippen LogP contribution in [0.2, 0.25) is 0 Å². The van der Waals surface area contributed by atoms with Crippen molar-refractivity contribution in [2.45, 2.75) is 26.2 Å². The number of aromatic nitrogens is 1. The lowest BCUT2D eigenvalue weighted by atomic mass is 9.87. The molecule has 3 aromatic carbocycles. The Morgan fingerprint density at radius 3 is 2.57 bits per heavy atom. The Labute approximate surface area is 145 Å². The molecule has 114 valence electrons. The molecule has 0 fully saturated rings. The second-order valence-electron chi connectivity index (χ2n) is 6.45. The van der Waals surface area contributed by atoms with Crippen molar-refractivity contribution in [1.29, 1.82) is 0 Å². The Kier molecular flexibility index (Phi) is 1.79. The predicted molar refractivity (Wildman–Crippen MR) is 95.7 cm³/mol. The molecule has 1 heterocycles. The van der Waals surface area contributed by atoms with E-state index in [9.17, 15) is 0 Å². The van der Waals surface area contributed by atoms with Gasteiger partial charge in [-0.3, -0.25) is 0 Å². The van der Waals surface area contributed by atoms with Gasteiger partial charge in [-0.2, -0.15) is 0 Å². The van der Waals surface area contributed by atoms with Crippen molar-refractivity contribution in [3.8, 4) is 11.5 Å². The molecule has 0 amide bonds. The summed E-state index contributed by atoms with van der Waals surface area (Å²) in [6.07, 6.45) is 0. The number of nitrogens with zero attached hydrogens (tertiary/aromatic N) is 1. The minimum atomic E-state index is -0.496. The minimum absolute atomic E-state index is 0.0196. The number of oxazole rings is 1. The van der Waals surface area contributed by atoms with Gasteiger partial charge in [-0.25, -0.2) is 4.98 Å². The van der Waals surface area contributed by atoms with Crippen molar-refractivity contribution in [1.82, 2.24) is 4.98 Å². The minimum Gasteiger partial charge on any atom is -0.436 e. The van der Waals surface area contributed by atoms with Crippen LogP contribution in [0.25, 0.3) is 33.3 Å². The van der Waals surface area contributed by atoms with E-state index >= 15 is 0 Å². The average molecular weight is 308 g/mol. The highest BCUT2D eigenvalue weighted by Gasteiger charge is 2.16. The lowest BCUT2D eigenvalue weighted by molar-refractivity contribution is 0.590. The Morgan fingerprint density at radius 1 is 1.00 bits per heavy atom. The molecule has 0 aliphatic carbocycles. The normalized spacial score (nSPS) is 16.4. The van der Waals surface area contributed by atoms with Crippen LogP contribution in [-0.4, -0.2) is 4.98 Å². The summed E-state index contributed by atoms with van der Waals surface area (Å²) >= 11 is 0. The zero-order chi connectivity index (χ0) is 22.1. The molecule has 0 spiro atoms. The van der Waals surface area contributed by atoms with Gasteiger partial charge in [0.25, 0.3) is 0 Å². The summed E-state index contributed by atoms with van der Waals surface area (Å²) in [5, 5.41) is -0.263. The lowest BCUT2D eigenvalue weighted by Gasteiger charge is -2.18. The van der Waals surface area contributed by atoms with Crippen LogP contribution in [0.5, 0.6) is 0 Å². The Hall–Kier alpha value is -2.61. The maximum absolute atomic E-state index is 8.58. The van der Waals surface area contributed by atoms with Gasteiger partial charge in [0.05, 0.1) is 9.60 Å². The topological polar surface area (TPSA) is 26.0 Å². The van der Waals surface area contributed by atoms with Gasteiger partial charge in [-0.1, -0.05) is 57.0 Å². The van der Waals surface area contributed by atoms with E-state index in [1.54, 1.807) is 6.07 Å². The van der Waals surface area contributed by atoms with Crippen LogP contribution in [0.15, 0.2) is 64.9 Å². The summed E-state index contributed by atoms with van der Waals surface area (Å²) in [5.74, 6) is -0.0196. The van der Waals surface area contributed by atoms with E-state index in [0.29, 0.717) is 11.1 Å². The van der Waals surface area contributed by atoms with Crippen molar-refractivity contribution < 1.29 is 14.0 Å². The van der Waals surface area contributed by atoms with Crippen molar-refractivity contribution in [3.05, 3.63) is 66.1 Å². The maximum atomic E-state index is 8.58. The summed E-state index contributed by atoms with van der Waals surface area (Å²) in [6, 6.07) is 2.68. The van der Waals surface area contributed by atoms with Gasteiger partial charge < -0.3 is 4.42 Å². The smallest absolute Gasteiger partial charge is 0.227 e. The van der Waals surface area contributed by atoms with Gasteiger partial charge in [0.1, 0.15) is 5.52 Å². The number of hydrogen-bond donors (Lipinski definition) is 0. The molecular formula is C21H19NO. The van der Waals surface area contributed by atoms with Gasteiger partial charge in [0, 0.05) is 5.56 Å². The van der Waals surface area contributed by atoms with Crippen LogP contribution < -0.4 is 0 Å². The summed E-state index contributed by atoms with van der Waals surface area (Å²) in [4.78, 5) is 4.44. The fraction of sp³-hybridized carbons (Fsp3) is 0.190. The third-order valence-electron chi connectivity index (χ3n) is 3.72. The first kappa shape index (κ1) is 8.30. The Morgan fingerprint density at radius 2 is 1.78 bits per heavy atom. The average Bonchev–Trinajstić information content (AvgIpc) is 3.09. The summed E-state index contributed by atoms with van der Waals surface area (Å²) < 4.78 is 63.1. The van der Waals surface area contributed by atoms with Gasteiger partial charge in [0.15, 0.2) is 5.58 Å². The zero-order valence-electron chi connectivity index (χ0n) is 20.1. The van der Waals surface area contributed by atoms with E-state index in [1.807, 2.05) is 12.1 Å². The molecular weight excluding hydrogens is 282 g/mol. The van der Waals surface area contributed by atoms with E-state index in [2.05, 4.69) is 25.8 Å². The number of benzene rings is 3. The van der Waals surface area contributed by atoms with Crippen LogP contribution in [-0.2, 0) is 5.41 Å². The van der Waals surface area contributed by atoms with E-state index in [1.165, 1.54) is 0 Å². The lowest BCUT2D eigenvalue weighted by Crippen LogP contribution is -2.10. The Bertz CT molecular complexity index is 1350.